The molecule has 0 saturated carbocycles. The maximum absolute atomic E-state index is 12.9. The second-order valence-electron chi connectivity index (χ2n) is 5.10. The van der Waals surface area contributed by atoms with E-state index in [4.69, 9.17) is 11.6 Å². The van der Waals surface area contributed by atoms with Crippen molar-refractivity contribution in [1.29, 1.82) is 0 Å². The van der Waals surface area contributed by atoms with E-state index in [-0.39, 0.29) is 18.0 Å². The minimum Gasteiger partial charge on any atom is -0.294 e. The van der Waals surface area contributed by atoms with E-state index in [1.807, 2.05) is 0 Å². The van der Waals surface area contributed by atoms with Crippen molar-refractivity contribution >= 4 is 17.4 Å². The van der Waals surface area contributed by atoms with Crippen LogP contribution in [0, 0.1) is 5.41 Å². The number of alkyl halides is 7. The molecule has 0 amide bonds. The van der Waals surface area contributed by atoms with Crippen molar-refractivity contribution in [3.63, 3.8) is 0 Å². The van der Waals surface area contributed by atoms with Gasteiger partial charge in [-0.25, -0.2) is 0 Å². The maximum Gasteiger partial charge on any atom is 0.417 e. The molecule has 118 valence electrons. The number of ketones is 1. The van der Waals surface area contributed by atoms with Gasteiger partial charge in [0.2, 0.25) is 0 Å². The molecule has 0 fully saturated rings. The molecule has 0 bridgehead atoms. The molecule has 0 atom stereocenters. The van der Waals surface area contributed by atoms with E-state index in [0.717, 1.165) is 0 Å². The maximum atomic E-state index is 12.9. The van der Waals surface area contributed by atoms with Gasteiger partial charge in [0.05, 0.1) is 11.1 Å². The van der Waals surface area contributed by atoms with E-state index in [1.165, 1.54) is 13.8 Å². The second-order valence-corrected chi connectivity index (χ2v) is 5.37. The molecule has 0 heterocycles. The standard InChI is InChI=1S/C13H11ClF6O/c1-11(2,6-14)10(21)8-5-7(12(15,16)17)3-4-9(8)13(18,19)20/h3-5H,6H2,1-2H3. The quantitative estimate of drug-likeness (QED) is 0.424. The van der Waals surface area contributed by atoms with Crippen LogP contribution in [0.1, 0.15) is 35.3 Å². The van der Waals surface area contributed by atoms with Gasteiger partial charge in [-0.05, 0) is 18.2 Å². The van der Waals surface area contributed by atoms with E-state index < -0.39 is 40.2 Å². The first-order valence-electron chi connectivity index (χ1n) is 5.70. The van der Waals surface area contributed by atoms with Crippen LogP contribution in [-0.2, 0) is 12.4 Å². The Morgan fingerprint density at radius 3 is 1.95 bits per heavy atom. The number of hydrogen-bond acceptors (Lipinski definition) is 1. The summed E-state index contributed by atoms with van der Waals surface area (Å²) in [5.41, 5.74) is -5.16. The van der Waals surface area contributed by atoms with Crippen molar-refractivity contribution in [2.75, 3.05) is 5.88 Å². The van der Waals surface area contributed by atoms with Crippen LogP contribution in [0.3, 0.4) is 0 Å². The predicted molar refractivity (Wildman–Crippen MR) is 65.3 cm³/mol. The van der Waals surface area contributed by atoms with Crippen LogP contribution in [0.15, 0.2) is 18.2 Å². The first kappa shape index (κ1) is 17.8. The van der Waals surface area contributed by atoms with Crippen LogP contribution < -0.4 is 0 Å². The summed E-state index contributed by atoms with van der Waals surface area (Å²) in [6, 6.07) is 0.785. The molecule has 0 spiro atoms. The fourth-order valence-corrected chi connectivity index (χ4v) is 1.70. The highest BCUT2D eigenvalue weighted by Crippen LogP contribution is 2.38. The van der Waals surface area contributed by atoms with Crippen molar-refractivity contribution in [2.24, 2.45) is 5.41 Å². The lowest BCUT2D eigenvalue weighted by molar-refractivity contribution is -0.141. The summed E-state index contributed by atoms with van der Waals surface area (Å²) < 4.78 is 76.4. The zero-order chi connectivity index (χ0) is 16.6. The van der Waals surface area contributed by atoms with Crippen LogP contribution in [0.5, 0.6) is 0 Å². The molecule has 0 N–H and O–H groups in total. The second kappa shape index (κ2) is 5.51. The number of Topliss-reactive ketones (excluding diaryl/α,β-unsaturated/α-hetero) is 1. The molecule has 1 rings (SSSR count). The molecule has 0 saturated heterocycles. The predicted octanol–water partition coefficient (Wildman–Crippen LogP) is 5.17. The van der Waals surface area contributed by atoms with Crippen LogP contribution >= 0.6 is 11.6 Å². The van der Waals surface area contributed by atoms with Gasteiger partial charge < -0.3 is 0 Å². The largest absolute Gasteiger partial charge is 0.417 e. The number of hydrogen-bond donors (Lipinski definition) is 0. The van der Waals surface area contributed by atoms with Crippen LogP contribution in [0.2, 0.25) is 0 Å². The normalized spacial score (nSPS) is 13.4. The minimum absolute atomic E-state index is 0.222. The summed E-state index contributed by atoms with van der Waals surface area (Å²) in [7, 11) is 0. The Morgan fingerprint density at radius 2 is 1.57 bits per heavy atom. The fraction of sp³-hybridized carbons (Fsp3) is 0.462. The molecule has 0 aliphatic heterocycles. The number of carbonyl (C=O) groups is 1. The van der Waals surface area contributed by atoms with E-state index in [1.54, 1.807) is 0 Å². The zero-order valence-electron chi connectivity index (χ0n) is 11.0. The number of rotatable bonds is 3. The Labute approximate surface area is 121 Å². The van der Waals surface area contributed by atoms with Crippen LogP contribution in [-0.4, -0.2) is 11.7 Å². The molecule has 0 aliphatic carbocycles. The molecule has 1 nitrogen and oxygen atoms in total. The molecule has 1 aromatic rings. The van der Waals surface area contributed by atoms with Crippen molar-refractivity contribution in [2.45, 2.75) is 26.2 Å². The molecule has 1 aromatic carbocycles. The molecule has 0 radical (unpaired) electrons. The van der Waals surface area contributed by atoms with E-state index >= 15 is 0 Å². The number of halogens is 7. The summed E-state index contributed by atoms with van der Waals surface area (Å²) in [6.45, 7) is 2.53. The first-order chi connectivity index (χ1) is 9.30. The first-order valence-corrected chi connectivity index (χ1v) is 6.23. The summed E-state index contributed by atoms with van der Waals surface area (Å²) >= 11 is 5.51. The number of carbonyl (C=O) groups excluding carboxylic acids is 1. The van der Waals surface area contributed by atoms with Crippen LogP contribution in [0.4, 0.5) is 26.3 Å². The van der Waals surface area contributed by atoms with Gasteiger partial charge in [-0.1, -0.05) is 13.8 Å². The van der Waals surface area contributed by atoms with E-state index in [0.29, 0.717) is 6.07 Å². The highest BCUT2D eigenvalue weighted by atomic mass is 35.5. The van der Waals surface area contributed by atoms with Gasteiger partial charge in [0.15, 0.2) is 5.78 Å². The summed E-state index contributed by atoms with van der Waals surface area (Å²) in [6.07, 6.45) is -9.78. The topological polar surface area (TPSA) is 17.1 Å². The van der Waals surface area contributed by atoms with Crippen molar-refractivity contribution < 1.29 is 31.1 Å². The third-order valence-corrected chi connectivity index (χ3v) is 3.51. The van der Waals surface area contributed by atoms with Gasteiger partial charge in [0.1, 0.15) is 0 Å². The highest BCUT2D eigenvalue weighted by Gasteiger charge is 2.41. The Bertz CT molecular complexity index is 545. The van der Waals surface area contributed by atoms with Gasteiger partial charge >= 0.3 is 12.4 Å². The van der Waals surface area contributed by atoms with Gasteiger partial charge in [0, 0.05) is 16.9 Å². The molecule has 0 aromatic heterocycles. The van der Waals surface area contributed by atoms with Gasteiger partial charge in [-0.3, -0.25) is 4.79 Å². The molecule has 0 aliphatic rings. The Hall–Kier alpha value is -1.24. The Kier molecular flexibility index (Phi) is 4.68. The Morgan fingerprint density at radius 1 is 1.05 bits per heavy atom. The fourth-order valence-electron chi connectivity index (χ4n) is 1.58. The molecule has 8 heteroatoms. The Balaban J connectivity index is 3.55. The van der Waals surface area contributed by atoms with Gasteiger partial charge in [-0.2, -0.15) is 26.3 Å². The average Bonchev–Trinajstić information content (AvgIpc) is 2.35. The van der Waals surface area contributed by atoms with Crippen molar-refractivity contribution in [3.8, 4) is 0 Å². The van der Waals surface area contributed by atoms with Gasteiger partial charge in [0.25, 0.3) is 0 Å². The third-order valence-electron chi connectivity index (χ3n) is 2.85. The third kappa shape index (κ3) is 3.90. The van der Waals surface area contributed by atoms with Crippen molar-refractivity contribution in [1.82, 2.24) is 0 Å². The molecule has 0 unspecified atom stereocenters. The zero-order valence-corrected chi connectivity index (χ0v) is 11.7. The van der Waals surface area contributed by atoms with Crippen molar-refractivity contribution in [3.05, 3.63) is 34.9 Å². The highest BCUT2D eigenvalue weighted by molar-refractivity contribution is 6.21. The SMILES string of the molecule is CC(C)(CCl)C(=O)c1cc(C(F)(F)F)ccc1C(F)(F)F. The minimum atomic E-state index is -4.93. The average molecular weight is 333 g/mol. The smallest absolute Gasteiger partial charge is 0.294 e. The lowest BCUT2D eigenvalue weighted by atomic mass is 9.83. The lowest BCUT2D eigenvalue weighted by Crippen LogP contribution is -2.29. The molecular formula is C13H11ClF6O. The molecule has 21 heavy (non-hydrogen) atoms. The monoisotopic (exact) mass is 332 g/mol. The van der Waals surface area contributed by atoms with E-state index in [2.05, 4.69) is 0 Å². The van der Waals surface area contributed by atoms with Gasteiger partial charge in [-0.15, -0.1) is 11.6 Å². The summed E-state index contributed by atoms with van der Waals surface area (Å²) in [5.74, 6) is -1.41. The summed E-state index contributed by atoms with van der Waals surface area (Å²) in [5, 5.41) is 0. The van der Waals surface area contributed by atoms with Crippen LogP contribution in [0.25, 0.3) is 0 Å². The number of benzene rings is 1. The van der Waals surface area contributed by atoms with E-state index in [9.17, 15) is 31.1 Å². The molecular weight excluding hydrogens is 322 g/mol. The lowest BCUT2D eigenvalue weighted by Gasteiger charge is -2.23. The summed E-state index contributed by atoms with van der Waals surface area (Å²) in [4.78, 5) is 12.1.